The number of carbonyl (C=O) groups is 4. The van der Waals surface area contributed by atoms with Gasteiger partial charge in [0, 0.05) is 43.4 Å². The Morgan fingerprint density at radius 1 is 0.440 bits per heavy atom. The molecule has 0 aliphatic heterocycles. The number of rotatable bonds is 16. The van der Waals surface area contributed by atoms with E-state index >= 15 is 0 Å². The molecule has 0 unspecified atom stereocenters. The number of amides is 4. The summed E-state index contributed by atoms with van der Waals surface area (Å²) in [5, 5.41) is 10.8. The fraction of sp³-hybridized carbons (Fsp3) is 0.263. The molecule has 4 aromatic carbocycles. The number of hydrogen-bond donors (Lipinski definition) is 4. The Bertz CT molecular complexity index is 1680. The lowest BCUT2D eigenvalue weighted by molar-refractivity contribution is -0.114. The van der Waals surface area contributed by atoms with Gasteiger partial charge in [0.1, 0.15) is 13.2 Å². The normalized spacial score (nSPS) is 10.4. The number of ether oxygens (including phenoxy) is 4. The Morgan fingerprint density at radius 3 is 1.06 bits per heavy atom. The number of unbranched alkanes of at least 4 members (excludes halogenated alkanes) is 1. The van der Waals surface area contributed by atoms with E-state index in [9.17, 15) is 19.2 Å². The van der Waals surface area contributed by atoms with E-state index in [1.807, 2.05) is 72.8 Å². The predicted octanol–water partition coefficient (Wildman–Crippen LogP) is 7.60. The van der Waals surface area contributed by atoms with Gasteiger partial charge < -0.3 is 24.3 Å². The number of benzene rings is 4. The van der Waals surface area contributed by atoms with Gasteiger partial charge in [0.25, 0.3) is 0 Å². The van der Waals surface area contributed by atoms with Crippen LogP contribution >= 0.6 is 0 Å². The molecule has 0 aromatic heterocycles. The fourth-order valence-electron chi connectivity index (χ4n) is 4.74. The largest absolute Gasteiger partial charge is 0.449 e. The Kier molecular flexibility index (Phi) is 14.6. The predicted molar refractivity (Wildman–Crippen MR) is 192 cm³/mol. The van der Waals surface area contributed by atoms with Gasteiger partial charge in [-0.1, -0.05) is 48.5 Å². The molecule has 262 valence electrons. The molecule has 4 amide bonds. The molecule has 12 heteroatoms. The van der Waals surface area contributed by atoms with Gasteiger partial charge in [0.15, 0.2) is 0 Å². The Morgan fingerprint density at radius 2 is 0.740 bits per heavy atom. The standard InChI is InChI=1S/C38H42N4O8/c1-27(43)39-32-13-5-28(6-14-32)25-29-9-17-34(18-10-29)41-37(45)49-23-24-50-38(46)42-35-19-11-31(12-20-35)26-30-7-15-33(16-8-30)40-36(44)48-22-4-3-21-47-2/h5-20H,3-4,21-26H2,1-2H3,(H,39,43)(H,40,44)(H,41,45)(H,42,46). The summed E-state index contributed by atoms with van der Waals surface area (Å²) in [6.07, 6.45) is 1.11. The van der Waals surface area contributed by atoms with Crippen molar-refractivity contribution >= 4 is 46.9 Å². The Hall–Kier alpha value is -5.88. The van der Waals surface area contributed by atoms with Crippen LogP contribution in [-0.4, -0.2) is 57.7 Å². The monoisotopic (exact) mass is 682 g/mol. The van der Waals surface area contributed by atoms with Crippen molar-refractivity contribution in [1.82, 2.24) is 0 Å². The minimum atomic E-state index is -0.668. The topological polar surface area (TPSA) is 153 Å². The lowest BCUT2D eigenvalue weighted by atomic mass is 10.0. The maximum absolute atomic E-state index is 12.2. The molecule has 50 heavy (non-hydrogen) atoms. The molecular weight excluding hydrogens is 640 g/mol. The smallest absolute Gasteiger partial charge is 0.411 e. The second kappa shape index (κ2) is 19.8. The first kappa shape index (κ1) is 36.9. The molecule has 0 saturated heterocycles. The van der Waals surface area contributed by atoms with Gasteiger partial charge in [0.05, 0.1) is 6.61 Å². The summed E-state index contributed by atoms with van der Waals surface area (Å²) in [4.78, 5) is 47.5. The first-order chi connectivity index (χ1) is 24.2. The number of nitrogens with one attached hydrogen (secondary N) is 4. The van der Waals surface area contributed by atoms with E-state index in [1.165, 1.54) is 6.92 Å². The molecule has 0 heterocycles. The summed E-state index contributed by atoms with van der Waals surface area (Å²) in [6, 6.07) is 29.8. The second-order valence-electron chi connectivity index (χ2n) is 11.3. The second-order valence-corrected chi connectivity index (χ2v) is 11.3. The van der Waals surface area contributed by atoms with Crippen LogP contribution in [0.4, 0.5) is 37.1 Å². The summed E-state index contributed by atoms with van der Waals surface area (Å²) in [7, 11) is 1.64. The van der Waals surface area contributed by atoms with E-state index in [-0.39, 0.29) is 19.1 Å². The van der Waals surface area contributed by atoms with Gasteiger partial charge in [-0.3, -0.25) is 20.7 Å². The van der Waals surface area contributed by atoms with Gasteiger partial charge in [-0.2, -0.15) is 0 Å². The molecular formula is C38H42N4O8. The third-order valence-corrected chi connectivity index (χ3v) is 7.22. The van der Waals surface area contributed by atoms with Crippen molar-refractivity contribution in [3.63, 3.8) is 0 Å². The van der Waals surface area contributed by atoms with Crippen LogP contribution in [0.2, 0.25) is 0 Å². The minimum absolute atomic E-state index is 0.116. The van der Waals surface area contributed by atoms with Crippen molar-refractivity contribution < 1.29 is 38.1 Å². The third-order valence-electron chi connectivity index (χ3n) is 7.22. The molecule has 4 aromatic rings. The van der Waals surface area contributed by atoms with Crippen molar-refractivity contribution in [1.29, 1.82) is 0 Å². The average Bonchev–Trinajstić information content (AvgIpc) is 3.10. The molecule has 0 atom stereocenters. The van der Waals surface area contributed by atoms with Gasteiger partial charge >= 0.3 is 18.3 Å². The average molecular weight is 683 g/mol. The molecule has 0 aliphatic rings. The molecule has 12 nitrogen and oxygen atoms in total. The van der Waals surface area contributed by atoms with Gasteiger partial charge in [-0.15, -0.1) is 0 Å². The molecule has 0 bridgehead atoms. The minimum Gasteiger partial charge on any atom is -0.449 e. The van der Waals surface area contributed by atoms with E-state index in [0.717, 1.165) is 40.8 Å². The Balaban J connectivity index is 1.09. The first-order valence-corrected chi connectivity index (χ1v) is 16.2. The zero-order valence-electron chi connectivity index (χ0n) is 28.2. The van der Waals surface area contributed by atoms with Crippen LogP contribution in [0.3, 0.4) is 0 Å². The highest BCUT2D eigenvalue weighted by molar-refractivity contribution is 5.88. The lowest BCUT2D eigenvalue weighted by Crippen LogP contribution is -2.20. The van der Waals surface area contributed by atoms with Crippen LogP contribution in [0.15, 0.2) is 97.1 Å². The highest BCUT2D eigenvalue weighted by Gasteiger charge is 2.08. The van der Waals surface area contributed by atoms with Crippen molar-refractivity contribution in [2.45, 2.75) is 32.6 Å². The van der Waals surface area contributed by atoms with Crippen molar-refractivity contribution in [2.24, 2.45) is 0 Å². The zero-order valence-corrected chi connectivity index (χ0v) is 28.2. The van der Waals surface area contributed by atoms with E-state index in [0.29, 0.717) is 43.1 Å². The van der Waals surface area contributed by atoms with E-state index in [2.05, 4.69) is 21.3 Å². The van der Waals surface area contributed by atoms with E-state index < -0.39 is 18.3 Å². The molecule has 4 N–H and O–H groups in total. The zero-order chi connectivity index (χ0) is 35.6. The highest BCUT2D eigenvalue weighted by atomic mass is 16.6. The summed E-state index contributed by atoms with van der Waals surface area (Å²) >= 11 is 0. The first-order valence-electron chi connectivity index (χ1n) is 16.2. The Labute approximate surface area is 291 Å². The third kappa shape index (κ3) is 13.7. The summed E-state index contributed by atoms with van der Waals surface area (Å²) in [5.41, 5.74) is 6.73. The van der Waals surface area contributed by atoms with Gasteiger partial charge in [-0.05, 0) is 96.5 Å². The van der Waals surface area contributed by atoms with E-state index in [4.69, 9.17) is 18.9 Å². The van der Waals surface area contributed by atoms with Crippen molar-refractivity contribution in [2.75, 3.05) is 54.8 Å². The number of carbonyl (C=O) groups excluding carboxylic acids is 4. The maximum atomic E-state index is 12.2. The molecule has 0 fully saturated rings. The molecule has 0 spiro atoms. The fourth-order valence-corrected chi connectivity index (χ4v) is 4.74. The van der Waals surface area contributed by atoms with Gasteiger partial charge in [0.2, 0.25) is 5.91 Å². The molecule has 4 rings (SSSR count). The quantitative estimate of drug-likeness (QED) is 0.0696. The van der Waals surface area contributed by atoms with Crippen LogP contribution in [-0.2, 0) is 36.6 Å². The summed E-state index contributed by atoms with van der Waals surface area (Å²) in [5.74, 6) is -0.117. The van der Waals surface area contributed by atoms with Crippen LogP contribution in [0, 0.1) is 0 Å². The van der Waals surface area contributed by atoms with Crippen molar-refractivity contribution in [3.8, 4) is 0 Å². The van der Waals surface area contributed by atoms with Crippen LogP contribution in [0.5, 0.6) is 0 Å². The summed E-state index contributed by atoms with van der Waals surface area (Å²) in [6.45, 7) is 2.21. The summed E-state index contributed by atoms with van der Waals surface area (Å²) < 4.78 is 20.4. The molecule has 0 saturated carbocycles. The number of hydrogen-bond acceptors (Lipinski definition) is 8. The van der Waals surface area contributed by atoms with Crippen molar-refractivity contribution in [3.05, 3.63) is 119 Å². The number of anilines is 4. The lowest BCUT2D eigenvalue weighted by Gasteiger charge is -2.10. The molecule has 0 radical (unpaired) electrons. The SMILES string of the molecule is COCCCCOC(=O)Nc1ccc(Cc2ccc(NC(=O)OCCOC(=O)Nc3ccc(Cc4ccc(NC(C)=O)cc4)cc3)cc2)cc1. The highest BCUT2D eigenvalue weighted by Crippen LogP contribution is 2.18. The van der Waals surface area contributed by atoms with Gasteiger partial charge in [-0.25, -0.2) is 14.4 Å². The van der Waals surface area contributed by atoms with Crippen LogP contribution in [0.25, 0.3) is 0 Å². The van der Waals surface area contributed by atoms with E-state index in [1.54, 1.807) is 31.4 Å². The number of methoxy groups -OCH3 is 1. The van der Waals surface area contributed by atoms with Crippen LogP contribution < -0.4 is 21.3 Å². The molecule has 0 aliphatic carbocycles. The van der Waals surface area contributed by atoms with Crippen LogP contribution in [0.1, 0.15) is 42.0 Å². The maximum Gasteiger partial charge on any atom is 0.411 e.